The highest BCUT2D eigenvalue weighted by Gasteiger charge is 2.67. The van der Waals surface area contributed by atoms with E-state index in [4.69, 9.17) is 62.7 Å². The lowest BCUT2D eigenvalue weighted by Crippen LogP contribution is -2.27. The molecule has 11 heteroatoms. The van der Waals surface area contributed by atoms with Crippen LogP contribution in [0, 0.1) is 5.92 Å². The van der Waals surface area contributed by atoms with E-state index in [1.54, 1.807) is 69.3 Å². The Morgan fingerprint density at radius 1 is 0.850 bits per heavy atom. The summed E-state index contributed by atoms with van der Waals surface area (Å²) in [6, 6.07) is 16.4. The van der Waals surface area contributed by atoms with Crippen molar-refractivity contribution in [3.05, 3.63) is 92.4 Å². The normalized spacial score (nSPS) is 17.6. The number of rotatable bonds is 7. The molecule has 0 radical (unpaired) electrons. The van der Waals surface area contributed by atoms with E-state index >= 15 is 0 Å². The van der Waals surface area contributed by atoms with Crippen molar-refractivity contribution in [3.63, 3.8) is 0 Å². The van der Waals surface area contributed by atoms with Gasteiger partial charge in [0.1, 0.15) is 9.93 Å². The molecule has 3 aromatic rings. The molecule has 3 aromatic carbocycles. The van der Waals surface area contributed by atoms with E-state index in [-0.39, 0.29) is 22.8 Å². The third-order valence-electron chi connectivity index (χ3n) is 6.08. The van der Waals surface area contributed by atoms with E-state index in [0.29, 0.717) is 32.5 Å². The number of alkyl halides is 2. The number of ether oxygens (including phenoxy) is 1. The molecule has 0 bridgehead atoms. The number of hydrogen-bond acceptors (Lipinski definition) is 4. The molecule has 0 aliphatic heterocycles. The maximum Gasteiger partial charge on any atom is 0.412 e. The van der Waals surface area contributed by atoms with Gasteiger partial charge in [0, 0.05) is 39.3 Å². The van der Waals surface area contributed by atoms with Gasteiger partial charge in [0.05, 0.1) is 10.9 Å². The molecule has 2 N–H and O–H groups in total. The Morgan fingerprint density at radius 2 is 1.45 bits per heavy atom. The van der Waals surface area contributed by atoms with Crippen LogP contribution in [0.5, 0.6) is 0 Å². The van der Waals surface area contributed by atoms with Crippen molar-refractivity contribution in [1.29, 1.82) is 0 Å². The van der Waals surface area contributed by atoms with Crippen LogP contribution in [0.25, 0.3) is 0 Å². The predicted molar refractivity (Wildman–Crippen MR) is 162 cm³/mol. The second-order valence-corrected chi connectivity index (χ2v) is 13.2. The first-order valence-corrected chi connectivity index (χ1v) is 14.1. The van der Waals surface area contributed by atoms with Crippen LogP contribution < -0.4 is 10.6 Å². The maximum atomic E-state index is 13.1. The third kappa shape index (κ3) is 7.42. The first-order chi connectivity index (χ1) is 18.6. The Labute approximate surface area is 257 Å². The summed E-state index contributed by atoms with van der Waals surface area (Å²) in [5, 5.41) is 6.49. The molecule has 1 aliphatic carbocycles. The number of hydrogen-bond donors (Lipinski definition) is 2. The van der Waals surface area contributed by atoms with E-state index in [0.717, 1.165) is 0 Å². The van der Waals surface area contributed by atoms with Crippen LogP contribution >= 0.6 is 58.0 Å². The molecule has 0 saturated heterocycles. The summed E-state index contributed by atoms with van der Waals surface area (Å²) in [5.74, 6) is -1.93. The Morgan fingerprint density at radius 3 is 2.05 bits per heavy atom. The first kappa shape index (κ1) is 30.5. The van der Waals surface area contributed by atoms with Gasteiger partial charge in [-0.1, -0.05) is 46.9 Å². The Hall–Kier alpha value is -2.48. The van der Waals surface area contributed by atoms with Gasteiger partial charge in [-0.3, -0.25) is 14.9 Å². The average Bonchev–Trinajstić information content (AvgIpc) is 3.41. The number of carbonyl (C=O) groups excluding carboxylic acids is 3. The number of halogens is 5. The van der Waals surface area contributed by atoms with Crippen LogP contribution in [0.1, 0.15) is 48.2 Å². The summed E-state index contributed by atoms with van der Waals surface area (Å²) in [7, 11) is 0. The Balaban J connectivity index is 1.41. The highest BCUT2D eigenvalue weighted by Crippen LogP contribution is 2.65. The number of benzene rings is 3. The fourth-order valence-electron chi connectivity index (χ4n) is 4.27. The fraction of sp³-hybridized carbons (Fsp3) is 0.276. The number of anilines is 2. The minimum atomic E-state index is -1.34. The Kier molecular flexibility index (Phi) is 8.98. The third-order valence-corrected chi connectivity index (χ3v) is 7.78. The summed E-state index contributed by atoms with van der Waals surface area (Å²) < 4.78 is 3.90. The molecular formula is C29H25Cl5N2O4. The number of amides is 2. The summed E-state index contributed by atoms with van der Waals surface area (Å²) in [5.41, 5.74) is 1.88. The number of nitrogens with one attached hydrogen (secondary N) is 2. The van der Waals surface area contributed by atoms with Gasteiger partial charge in [-0.25, -0.2) is 4.79 Å². The van der Waals surface area contributed by atoms with Crippen LogP contribution in [0.3, 0.4) is 0 Å². The molecule has 0 heterocycles. The van der Waals surface area contributed by atoms with Crippen molar-refractivity contribution in [2.75, 3.05) is 10.6 Å². The van der Waals surface area contributed by atoms with E-state index in [9.17, 15) is 14.4 Å². The zero-order chi connectivity index (χ0) is 29.4. The molecule has 2 unspecified atom stereocenters. The van der Waals surface area contributed by atoms with Gasteiger partial charge in [0.15, 0.2) is 5.78 Å². The van der Waals surface area contributed by atoms with Crippen molar-refractivity contribution in [3.8, 4) is 0 Å². The first-order valence-electron chi connectivity index (χ1n) is 12.2. The SMILES string of the molecule is CC(C)(C)OC(=O)Nc1ccc(CC(=O)c2cc(NC(=O)C3C(c4cc(Cl)cc(Cl)c4)C3(Cl)Cl)ccc2Cl)cc1. The highest BCUT2D eigenvalue weighted by atomic mass is 35.5. The minimum absolute atomic E-state index is 0.0521. The van der Waals surface area contributed by atoms with Gasteiger partial charge in [-0.15, -0.1) is 23.2 Å². The standard InChI is InChI=1S/C29H25Cl5N2O4/c1-28(2,3)40-27(39)36-19-6-4-15(5-7-19)10-23(37)21-14-20(8-9-22(21)32)35-26(38)25-24(29(25,33)34)16-11-17(30)13-18(31)12-16/h4-9,11-14,24-25H,10H2,1-3H3,(H,35,38)(H,36,39). The topological polar surface area (TPSA) is 84.5 Å². The summed E-state index contributed by atoms with van der Waals surface area (Å²) in [4.78, 5) is 38.1. The number of carbonyl (C=O) groups is 3. The molecule has 6 nitrogen and oxygen atoms in total. The van der Waals surface area contributed by atoms with Gasteiger partial charge in [-0.2, -0.15) is 0 Å². The number of Topliss-reactive ketones (excluding diaryl/α,β-unsaturated/α-hetero) is 1. The second kappa shape index (κ2) is 11.8. The molecule has 0 spiro atoms. The van der Waals surface area contributed by atoms with Crippen LogP contribution in [0.2, 0.25) is 15.1 Å². The molecule has 210 valence electrons. The van der Waals surface area contributed by atoms with Crippen molar-refractivity contribution >= 4 is 87.2 Å². The van der Waals surface area contributed by atoms with Crippen molar-refractivity contribution in [2.24, 2.45) is 5.92 Å². The lowest BCUT2D eigenvalue weighted by atomic mass is 10.0. The van der Waals surface area contributed by atoms with Crippen LogP contribution in [-0.4, -0.2) is 27.7 Å². The Bertz CT molecular complexity index is 1450. The molecule has 2 atom stereocenters. The minimum Gasteiger partial charge on any atom is -0.444 e. The predicted octanol–water partition coefficient (Wildman–Crippen LogP) is 8.95. The van der Waals surface area contributed by atoms with Crippen LogP contribution in [0.15, 0.2) is 60.7 Å². The van der Waals surface area contributed by atoms with E-state index < -0.39 is 33.8 Å². The summed E-state index contributed by atoms with van der Waals surface area (Å²) in [6.07, 6.45) is -0.521. The van der Waals surface area contributed by atoms with E-state index in [1.165, 1.54) is 12.1 Å². The van der Waals surface area contributed by atoms with E-state index in [2.05, 4.69) is 10.6 Å². The van der Waals surface area contributed by atoms with Crippen LogP contribution in [0.4, 0.5) is 16.2 Å². The summed E-state index contributed by atoms with van der Waals surface area (Å²) in [6.45, 7) is 5.32. The molecule has 1 aliphatic rings. The smallest absolute Gasteiger partial charge is 0.412 e. The molecule has 1 saturated carbocycles. The zero-order valence-corrected chi connectivity index (χ0v) is 25.4. The van der Waals surface area contributed by atoms with Gasteiger partial charge in [0.25, 0.3) is 0 Å². The quantitative estimate of drug-likeness (QED) is 0.199. The molecule has 0 aromatic heterocycles. The second-order valence-electron chi connectivity index (χ2n) is 10.4. The maximum absolute atomic E-state index is 13.1. The summed E-state index contributed by atoms with van der Waals surface area (Å²) >= 11 is 31.4. The average molecular weight is 643 g/mol. The largest absolute Gasteiger partial charge is 0.444 e. The van der Waals surface area contributed by atoms with Gasteiger partial charge < -0.3 is 10.1 Å². The molecule has 2 amide bonds. The lowest BCUT2D eigenvalue weighted by molar-refractivity contribution is -0.117. The van der Waals surface area contributed by atoms with Gasteiger partial charge in [0.2, 0.25) is 5.91 Å². The molecule has 1 fully saturated rings. The fourth-order valence-corrected chi connectivity index (χ4v) is 5.86. The van der Waals surface area contributed by atoms with Crippen molar-refractivity contribution in [2.45, 2.75) is 43.0 Å². The van der Waals surface area contributed by atoms with E-state index in [1.807, 2.05) is 0 Å². The highest BCUT2D eigenvalue weighted by molar-refractivity contribution is 6.53. The molecule has 4 rings (SSSR count). The lowest BCUT2D eigenvalue weighted by Gasteiger charge is -2.19. The van der Waals surface area contributed by atoms with Crippen LogP contribution in [-0.2, 0) is 16.0 Å². The monoisotopic (exact) mass is 640 g/mol. The number of ketones is 1. The van der Waals surface area contributed by atoms with Crippen molar-refractivity contribution < 1.29 is 19.1 Å². The van der Waals surface area contributed by atoms with Gasteiger partial charge in [-0.05, 0) is 80.4 Å². The zero-order valence-electron chi connectivity index (χ0n) is 21.7. The van der Waals surface area contributed by atoms with Gasteiger partial charge >= 0.3 is 6.09 Å². The van der Waals surface area contributed by atoms with Crippen molar-refractivity contribution in [1.82, 2.24) is 0 Å². The molecule has 40 heavy (non-hydrogen) atoms. The molecular weight excluding hydrogens is 618 g/mol.